The summed E-state index contributed by atoms with van der Waals surface area (Å²) < 4.78 is 0. The van der Waals surface area contributed by atoms with Gasteiger partial charge in [-0.05, 0) is 45.4 Å². The third-order valence-corrected chi connectivity index (χ3v) is 3.93. The molecule has 0 radical (unpaired) electrons. The van der Waals surface area contributed by atoms with Crippen molar-refractivity contribution in [2.45, 2.75) is 52.5 Å². The molecule has 1 rings (SSSR count). The number of carbonyl (C=O) groups excluding carboxylic acids is 1. The van der Waals surface area contributed by atoms with Crippen molar-refractivity contribution in [3.63, 3.8) is 0 Å². The van der Waals surface area contributed by atoms with Crippen molar-refractivity contribution in [3.8, 4) is 0 Å². The first-order chi connectivity index (χ1) is 8.22. The van der Waals surface area contributed by atoms with Gasteiger partial charge in [0, 0.05) is 13.0 Å². The Kier molecular flexibility index (Phi) is 6.75. The first kappa shape index (κ1) is 14.7. The molecule has 0 amide bonds. The monoisotopic (exact) mass is 240 g/mol. The van der Waals surface area contributed by atoms with Crippen LogP contribution in [0.2, 0.25) is 0 Å². The lowest BCUT2D eigenvalue weighted by molar-refractivity contribution is -0.121. The quantitative estimate of drug-likeness (QED) is 0.649. The summed E-state index contributed by atoms with van der Waals surface area (Å²) in [6.07, 6.45) is 4.16. The van der Waals surface area contributed by atoms with E-state index < -0.39 is 0 Å². The zero-order valence-corrected chi connectivity index (χ0v) is 11.7. The fourth-order valence-corrected chi connectivity index (χ4v) is 2.76. The summed E-state index contributed by atoms with van der Waals surface area (Å²) in [6, 6.07) is 0.233. The van der Waals surface area contributed by atoms with E-state index >= 15 is 0 Å². The zero-order valence-electron chi connectivity index (χ0n) is 11.7. The van der Waals surface area contributed by atoms with Gasteiger partial charge in [-0.2, -0.15) is 0 Å². The topological polar surface area (TPSA) is 23.6 Å². The van der Waals surface area contributed by atoms with Gasteiger partial charge >= 0.3 is 0 Å². The van der Waals surface area contributed by atoms with Crippen LogP contribution in [0.25, 0.3) is 0 Å². The summed E-state index contributed by atoms with van der Waals surface area (Å²) in [5.74, 6) is 0.467. The molecule has 1 aliphatic carbocycles. The molecule has 1 aliphatic rings. The molecule has 0 aromatic rings. The lowest BCUT2D eigenvalue weighted by Crippen LogP contribution is -2.39. The Morgan fingerprint density at radius 2 is 1.82 bits per heavy atom. The summed E-state index contributed by atoms with van der Waals surface area (Å²) in [5.41, 5.74) is 0. The minimum absolute atomic E-state index is 0.233. The molecule has 3 heteroatoms. The molecule has 1 saturated carbocycles. The first-order valence-electron chi connectivity index (χ1n) is 7.22. The van der Waals surface area contributed by atoms with Gasteiger partial charge in [0.25, 0.3) is 0 Å². The number of hydrogen-bond acceptors (Lipinski definition) is 3. The molecule has 1 atom stereocenters. The Hall–Kier alpha value is -0.410. The van der Waals surface area contributed by atoms with E-state index in [1.807, 2.05) is 0 Å². The third kappa shape index (κ3) is 4.40. The molecule has 0 bridgehead atoms. The summed E-state index contributed by atoms with van der Waals surface area (Å²) in [4.78, 5) is 16.6. The molecule has 3 nitrogen and oxygen atoms in total. The van der Waals surface area contributed by atoms with Gasteiger partial charge in [0.15, 0.2) is 0 Å². The van der Waals surface area contributed by atoms with Crippen molar-refractivity contribution in [2.75, 3.05) is 32.7 Å². The van der Waals surface area contributed by atoms with E-state index in [-0.39, 0.29) is 6.04 Å². The Bertz CT molecular complexity index is 226. The van der Waals surface area contributed by atoms with E-state index in [0.29, 0.717) is 5.78 Å². The molecular weight excluding hydrogens is 212 g/mol. The summed E-state index contributed by atoms with van der Waals surface area (Å²) in [7, 11) is 0. The van der Waals surface area contributed by atoms with Crippen LogP contribution in [0.1, 0.15) is 46.5 Å². The second-order valence-corrected chi connectivity index (χ2v) is 4.88. The van der Waals surface area contributed by atoms with Crippen LogP contribution in [-0.2, 0) is 4.79 Å². The summed E-state index contributed by atoms with van der Waals surface area (Å²) in [5, 5.41) is 0. The molecule has 0 heterocycles. The number of nitrogens with zero attached hydrogens (tertiary/aromatic N) is 2. The second kappa shape index (κ2) is 7.83. The standard InChI is InChI=1S/C14H28N2O/c1-4-15(5-2)11-8-12-16(6-3)13-9-7-10-14(13)17/h13H,4-12H2,1-3H3. The molecule has 100 valence electrons. The summed E-state index contributed by atoms with van der Waals surface area (Å²) in [6.45, 7) is 12.1. The molecule has 0 saturated heterocycles. The van der Waals surface area contributed by atoms with Crippen molar-refractivity contribution < 1.29 is 4.79 Å². The average Bonchev–Trinajstić information content (AvgIpc) is 2.76. The highest BCUT2D eigenvalue weighted by atomic mass is 16.1. The Balaban J connectivity index is 2.29. The van der Waals surface area contributed by atoms with E-state index in [2.05, 4.69) is 30.6 Å². The van der Waals surface area contributed by atoms with Crippen molar-refractivity contribution >= 4 is 5.78 Å². The van der Waals surface area contributed by atoms with Crippen LogP contribution >= 0.6 is 0 Å². The number of rotatable bonds is 8. The lowest BCUT2D eigenvalue weighted by atomic mass is 10.2. The maximum Gasteiger partial charge on any atom is 0.149 e. The van der Waals surface area contributed by atoms with Crippen molar-refractivity contribution in [1.82, 2.24) is 9.80 Å². The number of ketones is 1. The van der Waals surface area contributed by atoms with Gasteiger partial charge in [-0.15, -0.1) is 0 Å². The number of hydrogen-bond donors (Lipinski definition) is 0. The Morgan fingerprint density at radius 3 is 2.29 bits per heavy atom. The highest BCUT2D eigenvalue weighted by Gasteiger charge is 2.28. The van der Waals surface area contributed by atoms with Gasteiger partial charge in [-0.3, -0.25) is 9.69 Å². The maximum atomic E-state index is 11.7. The highest BCUT2D eigenvalue weighted by molar-refractivity contribution is 5.85. The van der Waals surface area contributed by atoms with E-state index in [9.17, 15) is 4.79 Å². The van der Waals surface area contributed by atoms with Crippen LogP contribution in [0.15, 0.2) is 0 Å². The third-order valence-electron chi connectivity index (χ3n) is 3.93. The lowest BCUT2D eigenvalue weighted by Gasteiger charge is -2.27. The van der Waals surface area contributed by atoms with Crippen LogP contribution in [0.3, 0.4) is 0 Å². The highest BCUT2D eigenvalue weighted by Crippen LogP contribution is 2.20. The second-order valence-electron chi connectivity index (χ2n) is 4.88. The molecule has 0 aromatic carbocycles. The van der Waals surface area contributed by atoms with Crippen molar-refractivity contribution in [2.24, 2.45) is 0 Å². The van der Waals surface area contributed by atoms with E-state index in [1.54, 1.807) is 0 Å². The predicted molar refractivity (Wildman–Crippen MR) is 72.3 cm³/mol. The number of carbonyl (C=O) groups is 1. The smallest absolute Gasteiger partial charge is 0.149 e. The van der Waals surface area contributed by atoms with Gasteiger partial charge < -0.3 is 4.90 Å². The van der Waals surface area contributed by atoms with Gasteiger partial charge in [0.2, 0.25) is 0 Å². The largest absolute Gasteiger partial charge is 0.304 e. The SMILES string of the molecule is CCN(CC)CCCN(CC)C1CCCC1=O. The van der Waals surface area contributed by atoms with Crippen molar-refractivity contribution in [3.05, 3.63) is 0 Å². The molecule has 0 aromatic heterocycles. The fourth-order valence-electron chi connectivity index (χ4n) is 2.76. The average molecular weight is 240 g/mol. The van der Waals surface area contributed by atoms with Crippen LogP contribution in [0, 0.1) is 0 Å². The first-order valence-corrected chi connectivity index (χ1v) is 7.22. The minimum atomic E-state index is 0.233. The molecule has 0 N–H and O–H groups in total. The van der Waals surface area contributed by atoms with Crippen LogP contribution in [0.4, 0.5) is 0 Å². The summed E-state index contributed by atoms with van der Waals surface area (Å²) >= 11 is 0. The van der Waals surface area contributed by atoms with Gasteiger partial charge in [0.1, 0.15) is 5.78 Å². The van der Waals surface area contributed by atoms with Crippen LogP contribution in [0.5, 0.6) is 0 Å². The molecule has 17 heavy (non-hydrogen) atoms. The molecule has 1 fully saturated rings. The number of likely N-dealkylation sites (N-methyl/N-ethyl adjacent to an activating group) is 1. The Labute approximate surface area is 106 Å². The predicted octanol–water partition coefficient (Wildman–Crippen LogP) is 2.16. The van der Waals surface area contributed by atoms with Gasteiger partial charge in [0.05, 0.1) is 6.04 Å². The number of Topliss-reactive ketones (excluding diaryl/α,β-unsaturated/α-hetero) is 1. The van der Waals surface area contributed by atoms with Crippen LogP contribution in [-0.4, -0.2) is 54.3 Å². The van der Waals surface area contributed by atoms with E-state index in [0.717, 1.165) is 52.0 Å². The molecule has 1 unspecified atom stereocenters. The van der Waals surface area contributed by atoms with Crippen LogP contribution < -0.4 is 0 Å². The zero-order chi connectivity index (χ0) is 12.7. The normalized spacial score (nSPS) is 20.8. The molecule has 0 aliphatic heterocycles. The Morgan fingerprint density at radius 1 is 1.12 bits per heavy atom. The van der Waals surface area contributed by atoms with Gasteiger partial charge in [-0.1, -0.05) is 20.8 Å². The van der Waals surface area contributed by atoms with Gasteiger partial charge in [-0.25, -0.2) is 0 Å². The minimum Gasteiger partial charge on any atom is -0.304 e. The molecule has 0 spiro atoms. The van der Waals surface area contributed by atoms with Crippen molar-refractivity contribution in [1.29, 1.82) is 0 Å². The van der Waals surface area contributed by atoms with E-state index in [1.165, 1.54) is 6.42 Å². The molecular formula is C14H28N2O. The maximum absolute atomic E-state index is 11.7. The fraction of sp³-hybridized carbons (Fsp3) is 0.929. The van der Waals surface area contributed by atoms with E-state index in [4.69, 9.17) is 0 Å².